The van der Waals surface area contributed by atoms with Gasteiger partial charge in [-0.1, -0.05) is 30.3 Å². The molecule has 0 saturated carbocycles. The van der Waals surface area contributed by atoms with Gasteiger partial charge in [-0.15, -0.1) is 0 Å². The molecule has 5 heteroatoms. The number of benzene rings is 2. The zero-order valence-corrected chi connectivity index (χ0v) is 14.1. The van der Waals surface area contributed by atoms with Crippen molar-refractivity contribution >= 4 is 22.5 Å². The molecular formula is C20H22N4O. The lowest BCUT2D eigenvalue weighted by atomic mass is 9.92. The van der Waals surface area contributed by atoms with Gasteiger partial charge >= 0.3 is 0 Å². The third-order valence-electron chi connectivity index (χ3n) is 5.01. The Morgan fingerprint density at radius 2 is 1.76 bits per heavy atom. The molecule has 3 aromatic rings. The summed E-state index contributed by atoms with van der Waals surface area (Å²) in [5.74, 6) is -0.900. The molecule has 3 N–H and O–H groups in total. The Morgan fingerprint density at radius 3 is 2.48 bits per heavy atom. The number of hydrogen-bond donors (Lipinski definition) is 2. The number of para-hydroxylation sites is 1. The van der Waals surface area contributed by atoms with Crippen LogP contribution in [0.1, 0.15) is 36.4 Å². The number of aromatic amines is 1. The molecule has 0 aliphatic carbocycles. The van der Waals surface area contributed by atoms with E-state index in [9.17, 15) is 4.79 Å². The average Bonchev–Trinajstić information content (AvgIpc) is 3.07. The lowest BCUT2D eigenvalue weighted by Gasteiger charge is -2.29. The van der Waals surface area contributed by atoms with E-state index in [1.165, 1.54) is 24.9 Å². The fourth-order valence-electron chi connectivity index (χ4n) is 3.70. The summed E-state index contributed by atoms with van der Waals surface area (Å²) in [6, 6.07) is 16.0. The van der Waals surface area contributed by atoms with Crippen LogP contribution < -0.4 is 10.6 Å². The van der Waals surface area contributed by atoms with Gasteiger partial charge in [-0.2, -0.15) is 5.10 Å². The zero-order chi connectivity index (χ0) is 17.2. The molecule has 1 unspecified atom stereocenters. The maximum absolute atomic E-state index is 12.2. The number of H-pyrrole nitrogens is 1. The quantitative estimate of drug-likeness (QED) is 0.769. The van der Waals surface area contributed by atoms with Crippen LogP contribution in [0.2, 0.25) is 0 Å². The van der Waals surface area contributed by atoms with Gasteiger partial charge in [-0.3, -0.25) is 9.89 Å². The van der Waals surface area contributed by atoms with Crippen molar-refractivity contribution in [2.24, 2.45) is 5.73 Å². The molecule has 2 aromatic carbocycles. The third kappa shape index (κ3) is 2.97. The van der Waals surface area contributed by atoms with Crippen LogP contribution in [0.15, 0.2) is 48.5 Å². The largest absolute Gasteiger partial charge is 0.372 e. The van der Waals surface area contributed by atoms with E-state index >= 15 is 0 Å². The standard InChI is InChI=1S/C20H22N4O/c21-20(25)18(19-16-6-2-3-7-17(16)22-23-19)14-8-10-15(11-9-14)24-12-4-1-5-13-24/h2-3,6-11,18H,1,4-5,12-13H2,(H2,21,25)(H,22,23). The second-order valence-electron chi connectivity index (χ2n) is 6.63. The summed E-state index contributed by atoms with van der Waals surface area (Å²) in [4.78, 5) is 14.6. The summed E-state index contributed by atoms with van der Waals surface area (Å²) < 4.78 is 0. The van der Waals surface area contributed by atoms with Crippen molar-refractivity contribution in [3.05, 3.63) is 59.8 Å². The molecule has 1 aliphatic heterocycles. The van der Waals surface area contributed by atoms with E-state index < -0.39 is 5.92 Å². The maximum Gasteiger partial charge on any atom is 0.231 e. The molecular weight excluding hydrogens is 312 g/mol. The van der Waals surface area contributed by atoms with Crippen LogP contribution in [-0.4, -0.2) is 29.2 Å². The number of anilines is 1. The minimum atomic E-state index is -0.525. The van der Waals surface area contributed by atoms with E-state index in [0.29, 0.717) is 0 Å². The first-order valence-corrected chi connectivity index (χ1v) is 8.81. The van der Waals surface area contributed by atoms with E-state index in [0.717, 1.165) is 35.2 Å². The van der Waals surface area contributed by atoms with Crippen molar-refractivity contribution < 1.29 is 4.79 Å². The van der Waals surface area contributed by atoms with Gasteiger partial charge in [-0.05, 0) is 43.0 Å². The van der Waals surface area contributed by atoms with Crippen LogP contribution in [0, 0.1) is 0 Å². The number of aromatic nitrogens is 2. The third-order valence-corrected chi connectivity index (χ3v) is 5.01. The second-order valence-corrected chi connectivity index (χ2v) is 6.63. The molecule has 1 aromatic heterocycles. The molecule has 128 valence electrons. The summed E-state index contributed by atoms with van der Waals surface area (Å²) in [7, 11) is 0. The number of piperidine rings is 1. The lowest BCUT2D eigenvalue weighted by Crippen LogP contribution is -2.29. The molecule has 0 bridgehead atoms. The molecule has 1 amide bonds. The number of amides is 1. The first kappa shape index (κ1) is 15.7. The summed E-state index contributed by atoms with van der Waals surface area (Å²) in [6.07, 6.45) is 3.79. The Balaban J connectivity index is 1.68. The molecule has 1 aliphatic rings. The molecule has 1 atom stereocenters. The van der Waals surface area contributed by atoms with Gasteiger partial charge in [0, 0.05) is 24.2 Å². The Bertz CT molecular complexity index is 878. The smallest absolute Gasteiger partial charge is 0.231 e. The Labute approximate surface area is 146 Å². The van der Waals surface area contributed by atoms with Crippen LogP contribution in [0.3, 0.4) is 0 Å². The normalized spacial score (nSPS) is 16.1. The van der Waals surface area contributed by atoms with Crippen LogP contribution in [-0.2, 0) is 4.79 Å². The number of primary amides is 1. The molecule has 1 saturated heterocycles. The molecule has 0 spiro atoms. The van der Waals surface area contributed by atoms with Crippen LogP contribution in [0.5, 0.6) is 0 Å². The molecule has 2 heterocycles. The molecule has 4 rings (SSSR count). The van der Waals surface area contributed by atoms with E-state index in [1.54, 1.807) is 0 Å². The van der Waals surface area contributed by atoms with E-state index in [2.05, 4.69) is 27.2 Å². The summed E-state index contributed by atoms with van der Waals surface area (Å²) in [5, 5.41) is 8.24. The molecule has 5 nitrogen and oxygen atoms in total. The van der Waals surface area contributed by atoms with Gasteiger partial charge in [-0.25, -0.2) is 0 Å². The highest BCUT2D eigenvalue weighted by Gasteiger charge is 2.24. The highest BCUT2D eigenvalue weighted by Crippen LogP contribution is 2.30. The van der Waals surface area contributed by atoms with Crippen LogP contribution >= 0.6 is 0 Å². The van der Waals surface area contributed by atoms with Gasteiger partial charge < -0.3 is 10.6 Å². The number of carbonyl (C=O) groups is 1. The predicted molar refractivity (Wildman–Crippen MR) is 99.6 cm³/mol. The minimum Gasteiger partial charge on any atom is -0.372 e. The van der Waals surface area contributed by atoms with Crippen molar-refractivity contribution in [3.8, 4) is 0 Å². The summed E-state index contributed by atoms with van der Waals surface area (Å²) in [6.45, 7) is 2.20. The van der Waals surface area contributed by atoms with Gasteiger partial charge in [0.2, 0.25) is 5.91 Å². The maximum atomic E-state index is 12.2. The minimum absolute atomic E-state index is 0.375. The van der Waals surface area contributed by atoms with Crippen molar-refractivity contribution in [2.45, 2.75) is 25.2 Å². The van der Waals surface area contributed by atoms with E-state index in [-0.39, 0.29) is 5.91 Å². The van der Waals surface area contributed by atoms with E-state index in [4.69, 9.17) is 5.73 Å². The number of fused-ring (bicyclic) bond motifs is 1. The Kier molecular flexibility index (Phi) is 4.14. The first-order valence-electron chi connectivity index (χ1n) is 8.81. The fraction of sp³-hybridized carbons (Fsp3) is 0.300. The molecule has 25 heavy (non-hydrogen) atoms. The summed E-state index contributed by atoms with van der Waals surface area (Å²) >= 11 is 0. The van der Waals surface area contributed by atoms with Gasteiger partial charge in [0.05, 0.1) is 11.2 Å². The lowest BCUT2D eigenvalue weighted by molar-refractivity contribution is -0.118. The number of hydrogen-bond acceptors (Lipinski definition) is 3. The van der Waals surface area contributed by atoms with Gasteiger partial charge in [0.1, 0.15) is 5.92 Å². The van der Waals surface area contributed by atoms with Crippen molar-refractivity contribution in [1.29, 1.82) is 0 Å². The van der Waals surface area contributed by atoms with Gasteiger partial charge in [0.15, 0.2) is 0 Å². The number of nitrogens with two attached hydrogens (primary N) is 1. The first-order chi connectivity index (χ1) is 12.2. The zero-order valence-electron chi connectivity index (χ0n) is 14.1. The van der Waals surface area contributed by atoms with Crippen molar-refractivity contribution in [1.82, 2.24) is 10.2 Å². The summed E-state index contributed by atoms with van der Waals surface area (Å²) in [5.41, 5.74) is 9.43. The van der Waals surface area contributed by atoms with E-state index in [1.807, 2.05) is 36.4 Å². The number of nitrogens with zero attached hydrogens (tertiary/aromatic N) is 2. The molecule has 1 fully saturated rings. The Hall–Kier alpha value is -2.82. The number of nitrogens with one attached hydrogen (secondary N) is 1. The Morgan fingerprint density at radius 1 is 1.04 bits per heavy atom. The monoisotopic (exact) mass is 334 g/mol. The predicted octanol–water partition coefficient (Wildman–Crippen LogP) is 3.17. The topological polar surface area (TPSA) is 75.0 Å². The van der Waals surface area contributed by atoms with Crippen molar-refractivity contribution in [3.63, 3.8) is 0 Å². The second kappa shape index (κ2) is 6.59. The SMILES string of the molecule is NC(=O)C(c1ccc(N2CCCCC2)cc1)c1[nH]nc2ccccc12. The fourth-order valence-corrected chi connectivity index (χ4v) is 3.70. The van der Waals surface area contributed by atoms with Gasteiger partial charge in [0.25, 0.3) is 0 Å². The van der Waals surface area contributed by atoms with Crippen LogP contribution in [0.4, 0.5) is 5.69 Å². The van der Waals surface area contributed by atoms with Crippen molar-refractivity contribution in [2.75, 3.05) is 18.0 Å². The number of rotatable bonds is 4. The highest BCUT2D eigenvalue weighted by molar-refractivity contribution is 5.92. The number of carbonyl (C=O) groups excluding carboxylic acids is 1. The van der Waals surface area contributed by atoms with Crippen LogP contribution in [0.25, 0.3) is 10.9 Å². The molecule has 0 radical (unpaired) electrons. The average molecular weight is 334 g/mol. The highest BCUT2D eigenvalue weighted by atomic mass is 16.1.